The van der Waals surface area contributed by atoms with E-state index in [0.717, 1.165) is 23.8 Å². The van der Waals surface area contributed by atoms with Crippen molar-refractivity contribution in [3.8, 4) is 0 Å². The summed E-state index contributed by atoms with van der Waals surface area (Å²) in [5.74, 6) is -2.40. The first-order valence-electron chi connectivity index (χ1n) is 14.1. The molecule has 0 saturated heterocycles. The first-order valence-corrected chi connectivity index (χ1v) is 18.6. The monoisotopic (exact) mass is 760 g/mol. The molecular weight excluding hydrogens is 733 g/mol. The summed E-state index contributed by atoms with van der Waals surface area (Å²) < 4.78 is 93.0. The van der Waals surface area contributed by atoms with E-state index >= 15 is 0 Å². The van der Waals surface area contributed by atoms with Gasteiger partial charge in [-0.15, -0.1) is 20.5 Å². The Morgan fingerprint density at radius 3 is 1.69 bits per heavy atom. The molecule has 4 aromatic carbocycles. The first-order chi connectivity index (χ1) is 23.8. The summed E-state index contributed by atoms with van der Waals surface area (Å²) >= 11 is 0. The van der Waals surface area contributed by atoms with Crippen molar-refractivity contribution in [2.45, 2.75) is 23.6 Å². The highest BCUT2D eigenvalue weighted by atomic mass is 32.3. The average Bonchev–Trinajstić information content (AvgIpc) is 3.03. The number of rotatable bonds is 13. The second kappa shape index (κ2) is 15.2. The molecule has 0 unspecified atom stereocenters. The van der Waals surface area contributed by atoms with Crippen molar-refractivity contribution < 1.29 is 48.4 Å². The number of nitrogen functional groups attached to an aromatic ring is 2. The van der Waals surface area contributed by atoms with Crippen molar-refractivity contribution in [1.82, 2.24) is 0 Å². The van der Waals surface area contributed by atoms with E-state index in [1.165, 1.54) is 24.3 Å². The Hall–Kier alpha value is -5.52. The molecule has 4 rings (SSSR count). The number of carboxylic acid groups (broad SMARTS) is 1. The number of azo groups is 3. The van der Waals surface area contributed by atoms with Crippen molar-refractivity contribution in [3.63, 3.8) is 0 Å². The zero-order valence-electron chi connectivity index (χ0n) is 26.4. The van der Waals surface area contributed by atoms with Crippen LogP contribution in [0.25, 0.3) is 0 Å². The van der Waals surface area contributed by atoms with Gasteiger partial charge in [0.2, 0.25) is 0 Å². The molecule has 0 aliphatic rings. The lowest BCUT2D eigenvalue weighted by atomic mass is 10.1. The molecule has 0 amide bonds. The molecule has 268 valence electrons. The van der Waals surface area contributed by atoms with Crippen LogP contribution in [-0.2, 0) is 34.5 Å². The van der Waals surface area contributed by atoms with Crippen LogP contribution in [0.15, 0.2) is 107 Å². The van der Waals surface area contributed by atoms with E-state index in [9.17, 15) is 39.7 Å². The Labute approximate surface area is 291 Å². The molecule has 22 heteroatoms. The van der Waals surface area contributed by atoms with Gasteiger partial charge in [-0.2, -0.15) is 27.1 Å². The molecule has 0 fully saturated rings. The maximum atomic E-state index is 12.6. The fourth-order valence-electron chi connectivity index (χ4n) is 4.20. The second-order valence-corrected chi connectivity index (χ2v) is 15.1. The third-order valence-electron chi connectivity index (χ3n) is 6.70. The van der Waals surface area contributed by atoms with Gasteiger partial charge < -0.3 is 16.6 Å². The number of aromatic carboxylic acids is 1. The minimum absolute atomic E-state index is 0.0488. The SMILES string of the molecule is Cc1ccc(N=Nc2c(N)c(/N=N\c3ccc(S(=O)(=O)CCOS(=O)(=O)O)cc3)c(N)c(N=Nc3ccc(C)cc3S(=O)(=O)O)c2C(=O)O)cc1. The van der Waals surface area contributed by atoms with E-state index in [2.05, 4.69) is 34.9 Å². The van der Waals surface area contributed by atoms with E-state index in [0.29, 0.717) is 11.3 Å². The lowest BCUT2D eigenvalue weighted by molar-refractivity contribution is 0.0698. The predicted octanol–water partition coefficient (Wildman–Crippen LogP) is 6.25. The normalized spacial score (nSPS) is 12.7. The molecule has 4 aromatic rings. The maximum Gasteiger partial charge on any atom is 0.397 e. The van der Waals surface area contributed by atoms with Crippen LogP contribution in [0.4, 0.5) is 45.5 Å². The van der Waals surface area contributed by atoms with Crippen molar-refractivity contribution >= 4 is 81.8 Å². The first kappa shape index (κ1) is 38.3. The molecule has 0 radical (unpaired) electrons. The largest absolute Gasteiger partial charge is 0.478 e. The lowest BCUT2D eigenvalue weighted by Gasteiger charge is -2.13. The van der Waals surface area contributed by atoms with Gasteiger partial charge in [0.1, 0.15) is 33.2 Å². The number of nitrogens with two attached hydrogens (primary N) is 2. The summed E-state index contributed by atoms with van der Waals surface area (Å²) in [5, 5.41) is 34.1. The smallest absolute Gasteiger partial charge is 0.397 e. The number of carboxylic acids is 1. The minimum Gasteiger partial charge on any atom is -0.478 e. The van der Waals surface area contributed by atoms with Crippen molar-refractivity contribution in [1.29, 1.82) is 0 Å². The van der Waals surface area contributed by atoms with Gasteiger partial charge in [-0.05, 0) is 67.9 Å². The number of benzene rings is 4. The third-order valence-corrected chi connectivity index (χ3v) is 9.75. The molecule has 7 N–H and O–H groups in total. The number of aryl methyl sites for hydroxylation is 2. The van der Waals surface area contributed by atoms with Gasteiger partial charge in [-0.1, -0.05) is 23.8 Å². The Kier molecular flexibility index (Phi) is 11.4. The van der Waals surface area contributed by atoms with E-state index in [-0.39, 0.29) is 22.0 Å². The maximum absolute atomic E-state index is 12.6. The summed E-state index contributed by atoms with van der Waals surface area (Å²) in [5.41, 5.74) is 11.0. The Balaban J connectivity index is 1.84. The standard InChI is InChI=1S/C29H28N8O11S3/c1-16-3-6-18(7-4-16)32-35-26-23(29(38)39)27(36-34-21-12-5-17(2)15-22(21)50(42,43)44)25(31)28(24(26)30)37-33-19-8-10-20(11-9-19)49(40,41)14-13-48-51(45,46)47/h3-12,15H,13-14,30-31H2,1-2H3,(H,38,39)(H,42,43,44)(H,45,46,47)/b35-32?,36-34?,37-33-. The summed E-state index contributed by atoms with van der Waals surface area (Å²) in [6.45, 7) is 2.57. The van der Waals surface area contributed by atoms with Crippen molar-refractivity contribution in [2.75, 3.05) is 23.8 Å². The number of carbonyl (C=O) groups is 1. The molecule has 0 heterocycles. The van der Waals surface area contributed by atoms with Gasteiger partial charge in [-0.3, -0.25) is 9.11 Å². The number of sulfone groups is 1. The van der Waals surface area contributed by atoms with Crippen LogP contribution in [0, 0.1) is 13.8 Å². The molecule has 51 heavy (non-hydrogen) atoms. The minimum atomic E-state index is -4.84. The fraction of sp³-hybridized carbons (Fsp3) is 0.138. The quantitative estimate of drug-likeness (QED) is 0.0572. The van der Waals surface area contributed by atoms with Crippen LogP contribution >= 0.6 is 0 Å². The van der Waals surface area contributed by atoms with Crippen LogP contribution < -0.4 is 11.5 Å². The molecule has 0 aliphatic heterocycles. The van der Waals surface area contributed by atoms with E-state index < -0.39 is 81.9 Å². The Bertz CT molecular complexity index is 2420. The molecule has 0 bridgehead atoms. The summed E-state index contributed by atoms with van der Waals surface area (Å²) in [7, 11) is -13.7. The van der Waals surface area contributed by atoms with Gasteiger partial charge in [0.25, 0.3) is 10.1 Å². The molecule has 0 saturated carbocycles. The van der Waals surface area contributed by atoms with Crippen molar-refractivity contribution in [3.05, 3.63) is 83.4 Å². The number of anilines is 2. The highest BCUT2D eigenvalue weighted by molar-refractivity contribution is 7.91. The predicted molar refractivity (Wildman–Crippen MR) is 183 cm³/mol. The zero-order valence-corrected chi connectivity index (χ0v) is 28.9. The molecule has 0 aromatic heterocycles. The van der Waals surface area contributed by atoms with Crippen LogP contribution in [0.5, 0.6) is 0 Å². The highest BCUT2D eigenvalue weighted by Gasteiger charge is 2.27. The van der Waals surface area contributed by atoms with Gasteiger partial charge in [0, 0.05) is 0 Å². The zero-order chi connectivity index (χ0) is 37.7. The van der Waals surface area contributed by atoms with Crippen LogP contribution in [0.3, 0.4) is 0 Å². The molecule has 0 aliphatic carbocycles. The van der Waals surface area contributed by atoms with E-state index in [4.69, 9.17) is 16.0 Å². The second-order valence-electron chi connectivity index (χ2n) is 10.5. The molecule has 0 spiro atoms. The number of hydrogen-bond donors (Lipinski definition) is 5. The third kappa shape index (κ3) is 9.80. The lowest BCUT2D eigenvalue weighted by Crippen LogP contribution is -2.15. The van der Waals surface area contributed by atoms with E-state index in [1.807, 2.05) is 6.92 Å². The van der Waals surface area contributed by atoms with Crippen molar-refractivity contribution in [2.24, 2.45) is 30.7 Å². The van der Waals surface area contributed by atoms with Gasteiger partial charge in [0.15, 0.2) is 9.84 Å². The number of hydrogen-bond acceptors (Lipinski definition) is 16. The number of nitrogens with zero attached hydrogens (tertiary/aromatic N) is 6. The summed E-state index contributed by atoms with van der Waals surface area (Å²) in [4.78, 5) is 11.7. The topological polar surface area (TPSA) is 316 Å². The highest BCUT2D eigenvalue weighted by Crippen LogP contribution is 2.49. The average molecular weight is 761 g/mol. The van der Waals surface area contributed by atoms with Crippen LogP contribution in [0.2, 0.25) is 0 Å². The van der Waals surface area contributed by atoms with E-state index in [1.54, 1.807) is 31.2 Å². The van der Waals surface area contributed by atoms with Crippen LogP contribution in [0.1, 0.15) is 21.5 Å². The molecule has 0 atom stereocenters. The Morgan fingerprint density at radius 2 is 1.18 bits per heavy atom. The molecular formula is C29H28N8O11S3. The van der Waals surface area contributed by atoms with Crippen LogP contribution in [-0.4, -0.2) is 57.8 Å². The van der Waals surface area contributed by atoms with Gasteiger partial charge >= 0.3 is 16.4 Å². The van der Waals surface area contributed by atoms with Gasteiger partial charge in [0.05, 0.1) is 40.0 Å². The van der Waals surface area contributed by atoms with Gasteiger partial charge in [-0.25, -0.2) is 17.4 Å². The summed E-state index contributed by atoms with van der Waals surface area (Å²) in [6.07, 6.45) is 0. The Morgan fingerprint density at radius 1 is 0.686 bits per heavy atom. The summed E-state index contributed by atoms with van der Waals surface area (Å²) in [6, 6.07) is 15.2. The fourth-order valence-corrected chi connectivity index (χ4v) is 6.39. The molecule has 19 nitrogen and oxygen atoms in total.